The fourth-order valence-corrected chi connectivity index (χ4v) is 2.38. The molecule has 3 heteroatoms. The van der Waals surface area contributed by atoms with E-state index in [0.29, 0.717) is 12.5 Å². The zero-order valence-electron chi connectivity index (χ0n) is 14.3. The van der Waals surface area contributed by atoms with Crippen LogP contribution in [0.15, 0.2) is 54.6 Å². The van der Waals surface area contributed by atoms with Crippen molar-refractivity contribution in [3.63, 3.8) is 0 Å². The summed E-state index contributed by atoms with van der Waals surface area (Å²) in [6.07, 6.45) is 5.00. The Labute approximate surface area is 143 Å². The second-order valence-electron chi connectivity index (χ2n) is 6.18. The maximum atomic E-state index is 12.8. The minimum absolute atomic E-state index is 0.130. The minimum Gasteiger partial charge on any atom is -0.353 e. The summed E-state index contributed by atoms with van der Waals surface area (Å²) < 4.78 is 12.8. The van der Waals surface area contributed by atoms with Crippen molar-refractivity contribution in [2.24, 2.45) is 0 Å². The third-order valence-electron chi connectivity index (χ3n) is 3.89. The molecule has 24 heavy (non-hydrogen) atoms. The van der Waals surface area contributed by atoms with Gasteiger partial charge < -0.3 is 5.32 Å². The van der Waals surface area contributed by atoms with Crippen molar-refractivity contribution in [2.45, 2.75) is 32.6 Å². The molecule has 126 valence electrons. The van der Waals surface area contributed by atoms with E-state index < -0.39 is 0 Å². The molecule has 2 aromatic rings. The Hall–Kier alpha value is -2.42. The average molecular weight is 325 g/mol. The molecule has 2 rings (SSSR count). The number of carbonyl (C=O) groups excluding carboxylic acids is 1. The molecule has 1 amide bonds. The number of rotatable bonds is 7. The zero-order valence-corrected chi connectivity index (χ0v) is 14.3. The summed E-state index contributed by atoms with van der Waals surface area (Å²) in [7, 11) is 0. The van der Waals surface area contributed by atoms with Crippen molar-refractivity contribution in [1.82, 2.24) is 5.32 Å². The van der Waals surface area contributed by atoms with Crippen LogP contribution in [0.5, 0.6) is 0 Å². The Bertz CT molecular complexity index is 672. The number of hydrogen-bond acceptors (Lipinski definition) is 1. The molecule has 0 aliphatic carbocycles. The van der Waals surface area contributed by atoms with Crippen molar-refractivity contribution in [1.29, 1.82) is 0 Å². The van der Waals surface area contributed by atoms with Gasteiger partial charge in [-0.3, -0.25) is 4.79 Å². The van der Waals surface area contributed by atoms with Crippen molar-refractivity contribution in [3.8, 4) is 0 Å². The molecule has 0 bridgehead atoms. The molecule has 0 fully saturated rings. The van der Waals surface area contributed by atoms with Crippen LogP contribution in [-0.4, -0.2) is 12.5 Å². The van der Waals surface area contributed by atoms with Gasteiger partial charge in [0.1, 0.15) is 5.82 Å². The van der Waals surface area contributed by atoms with Crippen molar-refractivity contribution in [3.05, 3.63) is 77.1 Å². The average Bonchev–Trinajstić information content (AvgIpc) is 2.58. The summed E-state index contributed by atoms with van der Waals surface area (Å²) in [4.78, 5) is 11.7. The normalized spacial score (nSPS) is 11.2. The molecule has 0 aromatic heterocycles. The van der Waals surface area contributed by atoms with Gasteiger partial charge in [0.05, 0.1) is 0 Å². The number of carbonyl (C=O) groups is 1. The van der Waals surface area contributed by atoms with Gasteiger partial charge in [-0.2, -0.15) is 0 Å². The summed E-state index contributed by atoms with van der Waals surface area (Å²) in [6.45, 7) is 5.01. The predicted molar refractivity (Wildman–Crippen MR) is 97.3 cm³/mol. The number of nitrogens with one attached hydrogen (secondary N) is 1. The maximum absolute atomic E-state index is 12.8. The fourth-order valence-electron chi connectivity index (χ4n) is 2.38. The molecule has 2 nitrogen and oxygen atoms in total. The van der Waals surface area contributed by atoms with Crippen LogP contribution < -0.4 is 5.32 Å². The van der Waals surface area contributed by atoms with Crippen LogP contribution in [-0.2, 0) is 11.2 Å². The predicted octanol–water partition coefficient (Wildman–Crippen LogP) is 4.71. The second-order valence-corrected chi connectivity index (χ2v) is 6.18. The van der Waals surface area contributed by atoms with E-state index in [9.17, 15) is 9.18 Å². The van der Waals surface area contributed by atoms with Crippen LogP contribution >= 0.6 is 0 Å². The van der Waals surface area contributed by atoms with Gasteiger partial charge in [0.2, 0.25) is 5.91 Å². The molecule has 0 saturated carbocycles. The van der Waals surface area contributed by atoms with Crippen LogP contribution in [0.1, 0.15) is 42.9 Å². The van der Waals surface area contributed by atoms with Crippen LogP contribution in [0, 0.1) is 5.82 Å². The first-order valence-corrected chi connectivity index (χ1v) is 8.35. The van der Waals surface area contributed by atoms with Crippen LogP contribution in [0.3, 0.4) is 0 Å². The quantitative estimate of drug-likeness (QED) is 0.579. The van der Waals surface area contributed by atoms with E-state index in [1.165, 1.54) is 29.3 Å². The number of aryl methyl sites for hydroxylation is 1. The minimum atomic E-state index is -0.280. The highest BCUT2D eigenvalue weighted by atomic mass is 19.1. The van der Waals surface area contributed by atoms with Crippen molar-refractivity contribution >= 4 is 12.0 Å². The van der Waals surface area contributed by atoms with Crippen LogP contribution in [0.2, 0.25) is 0 Å². The standard InChI is InChI=1S/C21H24FNO/c1-16(2)19-10-5-17(6-11-19)4-3-15-23-21(24)14-9-18-7-12-20(22)13-8-18/h5-14,16H,3-4,15H2,1-2H3,(H,23,24)/b14-9+. The van der Waals surface area contributed by atoms with E-state index in [0.717, 1.165) is 18.4 Å². The molecule has 0 atom stereocenters. The number of amides is 1. The van der Waals surface area contributed by atoms with Crippen LogP contribution in [0.25, 0.3) is 6.08 Å². The first kappa shape index (κ1) is 17.9. The lowest BCUT2D eigenvalue weighted by molar-refractivity contribution is -0.116. The molecular formula is C21H24FNO. The number of hydrogen-bond donors (Lipinski definition) is 1. The maximum Gasteiger partial charge on any atom is 0.243 e. The Balaban J connectivity index is 1.69. The van der Waals surface area contributed by atoms with Gasteiger partial charge in [-0.1, -0.05) is 50.2 Å². The molecule has 0 spiro atoms. The molecule has 0 aliphatic rings. The van der Waals surface area contributed by atoms with E-state index in [-0.39, 0.29) is 11.7 Å². The summed E-state index contributed by atoms with van der Waals surface area (Å²) in [5.41, 5.74) is 3.44. The molecule has 1 N–H and O–H groups in total. The van der Waals surface area contributed by atoms with Crippen molar-refractivity contribution in [2.75, 3.05) is 6.54 Å². The lowest BCUT2D eigenvalue weighted by Gasteiger charge is -2.07. The molecular weight excluding hydrogens is 301 g/mol. The Morgan fingerprint density at radius 2 is 1.75 bits per heavy atom. The summed E-state index contributed by atoms with van der Waals surface area (Å²) in [5.74, 6) is 0.138. The van der Waals surface area contributed by atoms with Gasteiger partial charge in [-0.25, -0.2) is 4.39 Å². The first-order chi connectivity index (χ1) is 11.5. The smallest absolute Gasteiger partial charge is 0.243 e. The highest BCUT2D eigenvalue weighted by molar-refractivity contribution is 5.91. The number of halogens is 1. The lowest BCUT2D eigenvalue weighted by atomic mass is 10.0. The zero-order chi connectivity index (χ0) is 17.4. The molecule has 0 unspecified atom stereocenters. The highest BCUT2D eigenvalue weighted by Gasteiger charge is 2.00. The van der Waals surface area contributed by atoms with E-state index in [2.05, 4.69) is 43.4 Å². The highest BCUT2D eigenvalue weighted by Crippen LogP contribution is 2.15. The molecule has 0 saturated heterocycles. The number of benzene rings is 2. The van der Waals surface area contributed by atoms with Gasteiger partial charge in [0.15, 0.2) is 0 Å². The Morgan fingerprint density at radius 3 is 2.38 bits per heavy atom. The lowest BCUT2D eigenvalue weighted by Crippen LogP contribution is -2.22. The van der Waals surface area contributed by atoms with Gasteiger partial charge in [-0.05, 0) is 53.7 Å². The van der Waals surface area contributed by atoms with Gasteiger partial charge in [-0.15, -0.1) is 0 Å². The second kappa shape index (κ2) is 9.02. The van der Waals surface area contributed by atoms with E-state index in [1.807, 2.05) is 0 Å². The monoisotopic (exact) mass is 325 g/mol. The SMILES string of the molecule is CC(C)c1ccc(CCCNC(=O)/C=C/c2ccc(F)cc2)cc1. The Morgan fingerprint density at radius 1 is 1.08 bits per heavy atom. The van der Waals surface area contributed by atoms with Crippen molar-refractivity contribution < 1.29 is 9.18 Å². The largest absolute Gasteiger partial charge is 0.353 e. The summed E-state index contributed by atoms with van der Waals surface area (Å²) in [5, 5.41) is 2.86. The summed E-state index contributed by atoms with van der Waals surface area (Å²) >= 11 is 0. The third-order valence-corrected chi connectivity index (χ3v) is 3.89. The topological polar surface area (TPSA) is 29.1 Å². The molecule has 2 aromatic carbocycles. The molecule has 0 aliphatic heterocycles. The van der Waals surface area contributed by atoms with E-state index in [4.69, 9.17) is 0 Å². The third kappa shape index (κ3) is 5.99. The van der Waals surface area contributed by atoms with E-state index in [1.54, 1.807) is 18.2 Å². The summed E-state index contributed by atoms with van der Waals surface area (Å²) in [6, 6.07) is 14.7. The van der Waals surface area contributed by atoms with E-state index >= 15 is 0 Å². The fraction of sp³-hybridized carbons (Fsp3) is 0.286. The molecule has 0 heterocycles. The Kier molecular flexibility index (Phi) is 6.74. The van der Waals surface area contributed by atoms with Gasteiger partial charge in [0, 0.05) is 12.6 Å². The van der Waals surface area contributed by atoms with Gasteiger partial charge >= 0.3 is 0 Å². The molecule has 0 radical (unpaired) electrons. The first-order valence-electron chi connectivity index (χ1n) is 8.35. The van der Waals surface area contributed by atoms with Gasteiger partial charge in [0.25, 0.3) is 0 Å². The van der Waals surface area contributed by atoms with Crippen LogP contribution in [0.4, 0.5) is 4.39 Å².